The molecule has 0 saturated carbocycles. The molecule has 8 nitrogen and oxygen atoms in total. The predicted octanol–water partition coefficient (Wildman–Crippen LogP) is 2.37. The Labute approximate surface area is 210 Å². The highest BCUT2D eigenvalue weighted by Gasteiger charge is 2.78. The van der Waals surface area contributed by atoms with E-state index in [1.165, 1.54) is 0 Å². The van der Waals surface area contributed by atoms with Gasteiger partial charge in [-0.25, -0.2) is 0 Å². The summed E-state index contributed by atoms with van der Waals surface area (Å²) in [5, 5.41) is 9.32. The van der Waals surface area contributed by atoms with Crippen LogP contribution in [-0.2, 0) is 19.1 Å². The van der Waals surface area contributed by atoms with Gasteiger partial charge in [-0.3, -0.25) is 14.4 Å². The Hall–Kier alpha value is -2.19. The molecule has 0 aromatic rings. The smallest absolute Gasteiger partial charge is 0.248 e. The van der Waals surface area contributed by atoms with Crippen LogP contribution in [0.25, 0.3) is 0 Å². The highest BCUT2D eigenvalue weighted by Crippen LogP contribution is 2.64. The lowest BCUT2D eigenvalue weighted by atomic mass is 9.64. The number of hydrogen-bond acceptors (Lipinski definition) is 5. The van der Waals surface area contributed by atoms with Crippen LogP contribution in [-0.4, -0.2) is 94.6 Å². The summed E-state index contributed by atoms with van der Waals surface area (Å²) in [5.41, 5.74) is -1.75. The van der Waals surface area contributed by atoms with Crippen LogP contribution < -0.4 is 0 Å². The van der Waals surface area contributed by atoms with E-state index < -0.39 is 29.1 Å². The number of nitrogens with zero attached hydrogens (tertiary/aromatic N) is 3. The maximum Gasteiger partial charge on any atom is 0.248 e. The van der Waals surface area contributed by atoms with E-state index in [1.54, 1.807) is 33.9 Å². The van der Waals surface area contributed by atoms with Gasteiger partial charge in [-0.05, 0) is 38.5 Å². The van der Waals surface area contributed by atoms with Gasteiger partial charge in [0.05, 0.1) is 17.4 Å². The van der Waals surface area contributed by atoms with Crippen molar-refractivity contribution in [3.8, 4) is 0 Å². The molecule has 0 radical (unpaired) electrons. The fourth-order valence-electron chi connectivity index (χ4n) is 6.50. The number of carbonyl (C=O) groups is 3. The lowest BCUT2D eigenvalue weighted by Gasteiger charge is -2.37. The van der Waals surface area contributed by atoms with E-state index in [0.29, 0.717) is 58.3 Å². The highest BCUT2D eigenvalue weighted by molar-refractivity contribution is 5.99. The molecule has 8 heteroatoms. The molecule has 35 heavy (non-hydrogen) atoms. The molecule has 5 atom stereocenters. The van der Waals surface area contributed by atoms with Crippen molar-refractivity contribution in [3.05, 3.63) is 25.3 Å². The van der Waals surface area contributed by atoms with Crippen LogP contribution in [0.1, 0.15) is 58.8 Å². The second kappa shape index (κ2) is 11.2. The molecule has 3 aliphatic heterocycles. The highest BCUT2D eigenvalue weighted by atomic mass is 16.5. The topological polar surface area (TPSA) is 90.4 Å². The van der Waals surface area contributed by atoms with Crippen LogP contribution in [0.15, 0.2) is 25.3 Å². The van der Waals surface area contributed by atoms with Gasteiger partial charge in [0.15, 0.2) is 0 Å². The van der Waals surface area contributed by atoms with Crippen molar-refractivity contribution in [1.29, 1.82) is 0 Å². The van der Waals surface area contributed by atoms with Gasteiger partial charge in [-0.1, -0.05) is 32.4 Å². The minimum absolute atomic E-state index is 0.0250. The number of fused-ring (bicyclic) bond motifs is 1. The maximum absolute atomic E-state index is 14.1. The molecule has 3 aliphatic rings. The number of likely N-dealkylation sites (N-methyl/N-ethyl adjacent to an activating group) is 1. The van der Waals surface area contributed by atoms with E-state index in [9.17, 15) is 19.5 Å². The lowest BCUT2D eigenvalue weighted by molar-refractivity contribution is -0.154. The van der Waals surface area contributed by atoms with Crippen molar-refractivity contribution in [3.63, 3.8) is 0 Å². The number of aliphatic hydroxyl groups is 1. The summed E-state index contributed by atoms with van der Waals surface area (Å²) in [6, 6.07) is -0.772. The number of unbranched alkanes of at least 4 members (excludes halogenated alkanes) is 2. The normalized spacial score (nSPS) is 30.9. The molecule has 0 aromatic carbocycles. The molecule has 2 unspecified atom stereocenters. The van der Waals surface area contributed by atoms with E-state index in [2.05, 4.69) is 20.1 Å². The summed E-state index contributed by atoms with van der Waals surface area (Å²) in [6.07, 6.45) is 8.14. The number of carbonyl (C=O) groups excluding carboxylic acids is 3. The molecule has 1 spiro atoms. The molecule has 2 bridgehead atoms. The van der Waals surface area contributed by atoms with Crippen LogP contribution in [0.5, 0.6) is 0 Å². The zero-order chi connectivity index (χ0) is 25.8. The van der Waals surface area contributed by atoms with Crippen LogP contribution in [0.4, 0.5) is 0 Å². The molecule has 3 heterocycles. The quantitative estimate of drug-likeness (QED) is 0.299. The lowest BCUT2D eigenvalue weighted by Crippen LogP contribution is -2.56. The Morgan fingerprint density at radius 2 is 1.86 bits per heavy atom. The van der Waals surface area contributed by atoms with Crippen LogP contribution in [0.3, 0.4) is 0 Å². The van der Waals surface area contributed by atoms with Crippen LogP contribution >= 0.6 is 0 Å². The van der Waals surface area contributed by atoms with E-state index in [1.807, 2.05) is 6.92 Å². The predicted molar refractivity (Wildman–Crippen MR) is 134 cm³/mol. The second-order valence-electron chi connectivity index (χ2n) is 10.2. The van der Waals surface area contributed by atoms with Gasteiger partial charge in [-0.15, -0.1) is 13.2 Å². The van der Waals surface area contributed by atoms with Gasteiger partial charge in [0.1, 0.15) is 11.6 Å². The third-order valence-corrected chi connectivity index (χ3v) is 8.21. The summed E-state index contributed by atoms with van der Waals surface area (Å²) in [7, 11) is 1.73. The number of rotatable bonds is 14. The molecule has 3 fully saturated rings. The Bertz CT molecular complexity index is 832. The fourth-order valence-corrected chi connectivity index (χ4v) is 6.50. The first-order chi connectivity index (χ1) is 16.8. The molecule has 0 aliphatic carbocycles. The Morgan fingerprint density at radius 3 is 2.46 bits per heavy atom. The first-order valence-electron chi connectivity index (χ1n) is 13.2. The van der Waals surface area contributed by atoms with Crippen molar-refractivity contribution in [2.45, 2.75) is 76.0 Å². The molecule has 196 valence electrons. The van der Waals surface area contributed by atoms with Crippen molar-refractivity contribution < 1.29 is 24.2 Å². The number of ether oxygens (including phenoxy) is 1. The molecule has 3 rings (SSSR count). The van der Waals surface area contributed by atoms with Gasteiger partial charge < -0.3 is 24.5 Å². The SMILES string of the molecule is C=CCN(C)C(=O)[C@@H]1[C@H]2C(=O)N(CCCCO)C(C(=O)N(CC=C)CCCC)C23CC[C@@]1(CC)O3. The van der Waals surface area contributed by atoms with E-state index in [-0.39, 0.29) is 24.3 Å². The average Bonchev–Trinajstić information content (AvgIpc) is 3.45. The molecule has 3 saturated heterocycles. The molecule has 1 N–H and O–H groups in total. The van der Waals surface area contributed by atoms with E-state index in [4.69, 9.17) is 4.74 Å². The third kappa shape index (κ3) is 4.55. The largest absolute Gasteiger partial charge is 0.396 e. The van der Waals surface area contributed by atoms with Gasteiger partial charge >= 0.3 is 0 Å². The van der Waals surface area contributed by atoms with Crippen molar-refractivity contribution in [2.24, 2.45) is 11.8 Å². The van der Waals surface area contributed by atoms with E-state index in [0.717, 1.165) is 12.8 Å². The van der Waals surface area contributed by atoms with E-state index >= 15 is 0 Å². The number of hydrogen-bond donors (Lipinski definition) is 1. The van der Waals surface area contributed by atoms with Crippen molar-refractivity contribution in [1.82, 2.24) is 14.7 Å². The summed E-state index contributed by atoms with van der Waals surface area (Å²) >= 11 is 0. The fraction of sp³-hybridized carbons (Fsp3) is 0.741. The maximum atomic E-state index is 14.1. The number of aliphatic hydroxyl groups excluding tert-OH is 1. The Balaban J connectivity index is 2.06. The number of amides is 3. The molecular weight excluding hydrogens is 446 g/mol. The second-order valence-corrected chi connectivity index (χ2v) is 10.2. The summed E-state index contributed by atoms with van der Waals surface area (Å²) in [4.78, 5) is 46.9. The zero-order valence-corrected chi connectivity index (χ0v) is 21.7. The van der Waals surface area contributed by atoms with Gasteiger partial charge in [0.2, 0.25) is 17.7 Å². The third-order valence-electron chi connectivity index (χ3n) is 8.21. The first kappa shape index (κ1) is 27.4. The summed E-state index contributed by atoms with van der Waals surface area (Å²) < 4.78 is 6.80. The van der Waals surface area contributed by atoms with Gasteiger partial charge in [-0.2, -0.15) is 0 Å². The molecular formula is C27H43N3O5. The Kier molecular flexibility index (Phi) is 8.81. The minimum atomic E-state index is -1.01. The van der Waals surface area contributed by atoms with Gasteiger partial charge in [0, 0.05) is 39.8 Å². The summed E-state index contributed by atoms with van der Waals surface area (Å²) in [6.45, 7) is 13.4. The molecule has 3 amide bonds. The first-order valence-corrected chi connectivity index (χ1v) is 13.2. The monoisotopic (exact) mass is 489 g/mol. The van der Waals surface area contributed by atoms with Crippen LogP contribution in [0, 0.1) is 11.8 Å². The van der Waals surface area contributed by atoms with Crippen molar-refractivity contribution >= 4 is 17.7 Å². The van der Waals surface area contributed by atoms with Crippen LogP contribution in [0.2, 0.25) is 0 Å². The molecule has 0 aromatic heterocycles. The Morgan fingerprint density at radius 1 is 1.14 bits per heavy atom. The number of likely N-dealkylation sites (tertiary alicyclic amines) is 1. The standard InChI is InChI=1S/C27H43N3O5/c1-6-10-17-29(16-8-3)25(34)22-27-14-13-26(9-4,35-27)20(23(32)28(5)15-7-2)21(27)24(33)30(22)18-11-12-19-31/h7-8,20-22,31H,2-3,6,9-19H2,1,4-5H3/t20-,21-,22?,26+,27?/m0/s1. The van der Waals surface area contributed by atoms with Gasteiger partial charge in [0.25, 0.3) is 0 Å². The zero-order valence-electron chi connectivity index (χ0n) is 21.7. The average molecular weight is 490 g/mol. The minimum Gasteiger partial charge on any atom is -0.396 e. The van der Waals surface area contributed by atoms with Crippen molar-refractivity contribution in [2.75, 3.05) is 39.8 Å². The summed E-state index contributed by atoms with van der Waals surface area (Å²) in [5.74, 6) is -1.73.